The smallest absolute Gasteiger partial charge is 0.242 e. The van der Waals surface area contributed by atoms with Crippen LogP contribution in [-0.4, -0.2) is 53.3 Å². The number of rotatable bonds is 4. The van der Waals surface area contributed by atoms with Gasteiger partial charge < -0.3 is 15.5 Å². The standard InChI is InChI=1S/C14H27N3O2/c1-5-14(4,15)13(19)17-8-6-16(7-9-17)12(18)10-11(2)3/h11H,5-10,15H2,1-4H3. The Hall–Kier alpha value is -1.10. The van der Waals surface area contributed by atoms with Crippen LogP contribution in [0.1, 0.15) is 40.5 Å². The Labute approximate surface area is 116 Å². The van der Waals surface area contributed by atoms with Crippen LogP contribution < -0.4 is 5.73 Å². The third-order valence-corrected chi connectivity index (χ3v) is 3.73. The number of hydrogen-bond donors (Lipinski definition) is 1. The quantitative estimate of drug-likeness (QED) is 0.822. The monoisotopic (exact) mass is 269 g/mol. The first-order valence-corrected chi connectivity index (χ1v) is 7.14. The maximum absolute atomic E-state index is 12.2. The molecule has 5 heteroatoms. The Morgan fingerprint density at radius 1 is 1.16 bits per heavy atom. The minimum Gasteiger partial charge on any atom is -0.339 e. The van der Waals surface area contributed by atoms with Crippen molar-refractivity contribution in [3.63, 3.8) is 0 Å². The number of hydrogen-bond acceptors (Lipinski definition) is 3. The van der Waals surface area contributed by atoms with Gasteiger partial charge >= 0.3 is 0 Å². The number of amides is 2. The maximum atomic E-state index is 12.2. The van der Waals surface area contributed by atoms with Crippen LogP contribution >= 0.6 is 0 Å². The zero-order chi connectivity index (χ0) is 14.6. The fourth-order valence-corrected chi connectivity index (χ4v) is 2.15. The highest BCUT2D eigenvalue weighted by Crippen LogP contribution is 2.13. The van der Waals surface area contributed by atoms with Crippen molar-refractivity contribution < 1.29 is 9.59 Å². The molecule has 0 spiro atoms. The van der Waals surface area contributed by atoms with Crippen LogP contribution in [0.2, 0.25) is 0 Å². The van der Waals surface area contributed by atoms with Gasteiger partial charge in [0.25, 0.3) is 0 Å². The average Bonchev–Trinajstić information content (AvgIpc) is 2.37. The van der Waals surface area contributed by atoms with Crippen LogP contribution in [-0.2, 0) is 9.59 Å². The highest BCUT2D eigenvalue weighted by Gasteiger charge is 2.33. The molecule has 0 aromatic carbocycles. The molecule has 1 atom stereocenters. The molecule has 1 unspecified atom stereocenters. The molecule has 5 nitrogen and oxygen atoms in total. The summed E-state index contributed by atoms with van der Waals surface area (Å²) in [4.78, 5) is 27.8. The summed E-state index contributed by atoms with van der Waals surface area (Å²) in [5, 5.41) is 0. The molecule has 0 aromatic rings. The third kappa shape index (κ3) is 4.20. The number of piperazine rings is 1. The van der Waals surface area contributed by atoms with Crippen molar-refractivity contribution in [2.24, 2.45) is 11.7 Å². The topological polar surface area (TPSA) is 66.6 Å². The van der Waals surface area contributed by atoms with E-state index in [9.17, 15) is 9.59 Å². The molecule has 1 heterocycles. The lowest BCUT2D eigenvalue weighted by molar-refractivity contribution is -0.143. The van der Waals surface area contributed by atoms with Crippen molar-refractivity contribution in [3.8, 4) is 0 Å². The molecule has 110 valence electrons. The van der Waals surface area contributed by atoms with Gasteiger partial charge in [-0.2, -0.15) is 0 Å². The Kier molecular flexibility index (Phi) is 5.35. The zero-order valence-electron chi connectivity index (χ0n) is 12.6. The van der Waals surface area contributed by atoms with Gasteiger partial charge in [-0.25, -0.2) is 0 Å². The number of carbonyl (C=O) groups excluding carboxylic acids is 2. The van der Waals surface area contributed by atoms with Crippen LogP contribution in [0.15, 0.2) is 0 Å². The second-order valence-electron chi connectivity index (χ2n) is 6.04. The van der Waals surface area contributed by atoms with E-state index in [4.69, 9.17) is 5.73 Å². The Balaban J connectivity index is 2.49. The molecule has 0 aliphatic carbocycles. The van der Waals surface area contributed by atoms with E-state index < -0.39 is 5.54 Å². The second-order valence-corrected chi connectivity index (χ2v) is 6.04. The summed E-state index contributed by atoms with van der Waals surface area (Å²) in [6, 6.07) is 0. The molecule has 1 aliphatic heterocycles. The summed E-state index contributed by atoms with van der Waals surface area (Å²) in [7, 11) is 0. The van der Waals surface area contributed by atoms with E-state index in [-0.39, 0.29) is 11.8 Å². The van der Waals surface area contributed by atoms with Crippen LogP contribution in [0.5, 0.6) is 0 Å². The molecule has 2 N–H and O–H groups in total. The minimum atomic E-state index is -0.788. The lowest BCUT2D eigenvalue weighted by Crippen LogP contribution is -2.58. The number of nitrogens with two attached hydrogens (primary N) is 1. The summed E-state index contributed by atoms with van der Waals surface area (Å²) >= 11 is 0. The van der Waals surface area contributed by atoms with E-state index in [1.807, 2.05) is 25.7 Å². The van der Waals surface area contributed by atoms with Gasteiger partial charge in [-0.1, -0.05) is 20.8 Å². The maximum Gasteiger partial charge on any atom is 0.242 e. The molecular formula is C14H27N3O2. The van der Waals surface area contributed by atoms with Crippen LogP contribution in [0.25, 0.3) is 0 Å². The van der Waals surface area contributed by atoms with Crippen LogP contribution in [0.3, 0.4) is 0 Å². The lowest BCUT2D eigenvalue weighted by Gasteiger charge is -2.38. The van der Waals surface area contributed by atoms with Crippen molar-refractivity contribution in [3.05, 3.63) is 0 Å². The predicted octanol–water partition coefficient (Wildman–Crippen LogP) is 0.831. The lowest BCUT2D eigenvalue weighted by atomic mass is 9.98. The van der Waals surface area contributed by atoms with E-state index in [0.717, 1.165) is 0 Å². The summed E-state index contributed by atoms with van der Waals surface area (Å²) in [5.74, 6) is 0.554. The Bertz CT molecular complexity index is 332. The van der Waals surface area contributed by atoms with E-state index in [2.05, 4.69) is 0 Å². The van der Waals surface area contributed by atoms with Gasteiger partial charge in [-0.05, 0) is 19.3 Å². The van der Waals surface area contributed by atoms with E-state index in [1.54, 1.807) is 11.8 Å². The molecule has 1 aliphatic rings. The molecule has 0 radical (unpaired) electrons. The van der Waals surface area contributed by atoms with Gasteiger partial charge in [0.1, 0.15) is 0 Å². The Morgan fingerprint density at radius 2 is 1.63 bits per heavy atom. The summed E-state index contributed by atoms with van der Waals surface area (Å²) in [5.41, 5.74) is 5.19. The summed E-state index contributed by atoms with van der Waals surface area (Å²) in [6.45, 7) is 10.2. The molecule has 1 fully saturated rings. The molecular weight excluding hydrogens is 242 g/mol. The first-order chi connectivity index (χ1) is 8.77. The van der Waals surface area contributed by atoms with E-state index in [1.165, 1.54) is 0 Å². The first-order valence-electron chi connectivity index (χ1n) is 7.14. The van der Waals surface area contributed by atoms with Gasteiger partial charge in [0.15, 0.2) is 0 Å². The summed E-state index contributed by atoms with van der Waals surface area (Å²) in [6.07, 6.45) is 1.20. The third-order valence-electron chi connectivity index (χ3n) is 3.73. The molecule has 1 saturated heterocycles. The average molecular weight is 269 g/mol. The van der Waals surface area contributed by atoms with Gasteiger partial charge in [0.05, 0.1) is 5.54 Å². The van der Waals surface area contributed by atoms with Crippen LogP contribution in [0.4, 0.5) is 0 Å². The largest absolute Gasteiger partial charge is 0.339 e. The van der Waals surface area contributed by atoms with Gasteiger partial charge in [-0.15, -0.1) is 0 Å². The fraction of sp³-hybridized carbons (Fsp3) is 0.857. The normalized spacial score (nSPS) is 19.5. The van der Waals surface area contributed by atoms with Crippen LogP contribution in [0, 0.1) is 5.92 Å². The molecule has 0 bridgehead atoms. The van der Waals surface area contributed by atoms with E-state index >= 15 is 0 Å². The number of carbonyl (C=O) groups is 2. The number of nitrogens with zero attached hydrogens (tertiary/aromatic N) is 2. The molecule has 0 saturated carbocycles. The van der Waals surface area contributed by atoms with Gasteiger partial charge in [0, 0.05) is 32.6 Å². The predicted molar refractivity (Wildman–Crippen MR) is 75.5 cm³/mol. The molecule has 2 amide bonds. The molecule has 0 aromatic heterocycles. The highest BCUT2D eigenvalue weighted by atomic mass is 16.2. The van der Waals surface area contributed by atoms with Crippen molar-refractivity contribution in [1.82, 2.24) is 9.80 Å². The van der Waals surface area contributed by atoms with E-state index in [0.29, 0.717) is 44.9 Å². The SMILES string of the molecule is CCC(C)(N)C(=O)N1CCN(C(=O)CC(C)C)CC1. The highest BCUT2D eigenvalue weighted by molar-refractivity contribution is 5.86. The van der Waals surface area contributed by atoms with Crippen molar-refractivity contribution in [1.29, 1.82) is 0 Å². The molecule has 1 rings (SSSR count). The zero-order valence-corrected chi connectivity index (χ0v) is 12.6. The minimum absolute atomic E-state index is 0.00837. The molecule has 19 heavy (non-hydrogen) atoms. The second kappa shape index (κ2) is 6.37. The fourth-order valence-electron chi connectivity index (χ4n) is 2.15. The van der Waals surface area contributed by atoms with Crippen molar-refractivity contribution in [2.75, 3.05) is 26.2 Å². The van der Waals surface area contributed by atoms with Gasteiger partial charge in [-0.3, -0.25) is 9.59 Å². The van der Waals surface area contributed by atoms with Gasteiger partial charge in [0.2, 0.25) is 11.8 Å². The summed E-state index contributed by atoms with van der Waals surface area (Å²) < 4.78 is 0. The first kappa shape index (κ1) is 16.0. The van der Waals surface area contributed by atoms with Crippen molar-refractivity contribution >= 4 is 11.8 Å². The Morgan fingerprint density at radius 3 is 2.05 bits per heavy atom. The van der Waals surface area contributed by atoms with Crippen molar-refractivity contribution in [2.45, 2.75) is 46.1 Å².